The molecule has 0 bridgehead atoms. The number of amides is 6. The first-order valence-corrected chi connectivity index (χ1v) is 29.7. The summed E-state index contributed by atoms with van der Waals surface area (Å²) < 4.78 is 14.4. The quantitative estimate of drug-likeness (QED) is 0.0386. The minimum absolute atomic E-state index is 0.123. The number of hydrogen-bond acceptors (Lipinski definition) is 23. The van der Waals surface area contributed by atoms with Gasteiger partial charge in [0, 0.05) is 130 Å². The van der Waals surface area contributed by atoms with Crippen molar-refractivity contribution in [3.8, 4) is 0 Å². The predicted molar refractivity (Wildman–Crippen MR) is 316 cm³/mol. The van der Waals surface area contributed by atoms with E-state index in [9.17, 15) is 58.6 Å². The zero-order valence-corrected chi connectivity index (χ0v) is 52.6. The number of piperidine rings is 5. The summed E-state index contributed by atoms with van der Waals surface area (Å²) in [5.74, 6) is 1.27. The minimum atomic E-state index is -0.943. The van der Waals surface area contributed by atoms with Crippen LogP contribution in [0.15, 0.2) is 54.6 Å². The normalized spacial score (nSPS) is 31.4. The van der Waals surface area contributed by atoms with Crippen LogP contribution in [0.5, 0.6) is 0 Å². The molecule has 7 N–H and O–H groups in total. The number of nitrogens with two attached hydrogens (primary N) is 2. The van der Waals surface area contributed by atoms with Crippen LogP contribution in [0.2, 0.25) is 0 Å². The molecule has 1 aromatic carbocycles. The Hall–Kier alpha value is -6.90. The minimum Gasteiger partial charge on any atom is -0.444 e. The number of rotatable bonds is 6. The molecule has 10 unspecified atom stereocenters. The van der Waals surface area contributed by atoms with Crippen LogP contribution in [-0.2, 0) is 49.5 Å². The summed E-state index contributed by atoms with van der Waals surface area (Å²) in [7, 11) is 9.11. The second kappa shape index (κ2) is 30.3. The SMILES string of the molecule is CC(C)(C)OC(=O)NC1C2CNCC21.CN1C(=O)C2C(C1=O)C2[N+](=O)[O-].CN1C(=O)C=CC1=O.CN1CC2C(C1)C2NC(=O)OC(C)(C)C.CN1CC2C(C1)C2[N+](=O)[O-].CN1CC2C(N)C2C1.NCc1ccccc1.O=C1C=CC(=O)O1.O=[N+]([O-])CBr. The summed E-state index contributed by atoms with van der Waals surface area (Å²) in [6.07, 6.45) is 4.12. The Morgan fingerprint density at radius 2 is 0.977 bits per heavy atom. The van der Waals surface area contributed by atoms with Crippen molar-refractivity contribution < 1.29 is 67.3 Å². The lowest BCUT2D eigenvalue weighted by atomic mass is 10.2. The van der Waals surface area contributed by atoms with Crippen molar-refractivity contribution in [2.45, 2.75) is 89.5 Å². The average Bonchev–Trinajstić information content (AvgIpc) is 1.60. The standard InChI is InChI=1S/C11H20N2O2.C10H18N2O2.C7H9N.C6H6N2O4.C6H10N2O2.C6H12N2.C5H5NO2.C4H2O3.CH2BrNO2/c1-11(2,3)15-10(14)12-9-7-5-13(4)6-8(7)9;1-10(2,3)14-9(13)12-8-6-4-11-5-7(6)8;8-6-7-4-2-1-3-5-7;1-7-5(9)2-3(6(7)10)4(2)8(11)12;1-7-2-4-5(3-7)6(4)8(9)10;1-8-2-4-5(3-8)6(4)7;1-6-4(7)2-3-5(6)8;5-3-1-2-4(6)7-3;2-1-3(4)5/h7-9H,5-6H2,1-4H3,(H,12,14);6-8,11H,4-5H2,1-3H3,(H,12,13);1-5H,6,8H2;2-4H,1H3;4-6H,2-3H2,1H3;4-6H,2-3,7H2,1H3;2-3H,1H3;1-2H;1H2. The van der Waals surface area contributed by atoms with Crippen LogP contribution in [0.1, 0.15) is 47.1 Å². The van der Waals surface area contributed by atoms with Gasteiger partial charge >= 0.3 is 24.1 Å². The average molecular weight is 1290 g/mol. The molecule has 0 aromatic heterocycles. The van der Waals surface area contributed by atoms with E-state index in [0.29, 0.717) is 60.2 Å². The number of benzene rings is 1. The highest BCUT2D eigenvalue weighted by Crippen LogP contribution is 2.49. The zero-order valence-electron chi connectivity index (χ0n) is 51.0. The van der Waals surface area contributed by atoms with Crippen LogP contribution in [-0.4, -0.2) is 221 Å². The van der Waals surface area contributed by atoms with E-state index in [1.54, 1.807) is 0 Å². The molecule has 0 radical (unpaired) electrons. The molecule has 87 heavy (non-hydrogen) atoms. The Morgan fingerprint density at radius 3 is 1.26 bits per heavy atom. The van der Waals surface area contributed by atoms with Crippen LogP contribution in [0, 0.1) is 89.5 Å². The van der Waals surface area contributed by atoms with Gasteiger partial charge in [-0.1, -0.05) is 30.3 Å². The second-order valence-corrected chi connectivity index (χ2v) is 25.7. The zero-order chi connectivity index (χ0) is 65.2. The summed E-state index contributed by atoms with van der Waals surface area (Å²) in [4.78, 5) is 123. The molecular weight excluding hydrogens is 1210 g/mol. The van der Waals surface area contributed by atoms with E-state index in [4.69, 9.17) is 31.1 Å². The highest BCUT2D eigenvalue weighted by atomic mass is 79.9. The molecule has 12 aliphatic rings. The number of nitrogens with one attached hydrogen (secondary N) is 3. The Labute approximate surface area is 513 Å². The van der Waals surface area contributed by atoms with Gasteiger partial charge in [-0.05, 0) is 120 Å². The van der Waals surface area contributed by atoms with Crippen molar-refractivity contribution in [3.63, 3.8) is 0 Å². The Kier molecular flexibility index (Phi) is 24.7. The third-order valence-electron chi connectivity index (χ3n) is 16.1. The third kappa shape index (κ3) is 21.2. The van der Waals surface area contributed by atoms with E-state index >= 15 is 0 Å². The first kappa shape index (κ1) is 70.9. The van der Waals surface area contributed by atoms with Crippen LogP contribution in [0.3, 0.4) is 0 Å². The highest BCUT2D eigenvalue weighted by Gasteiger charge is 2.74. The van der Waals surface area contributed by atoms with Crippen molar-refractivity contribution in [1.29, 1.82) is 0 Å². The number of likely N-dealkylation sites (N-methyl/N-ethyl adjacent to an activating group) is 1. The predicted octanol–water partition coefficient (Wildman–Crippen LogP) is 0.932. The fourth-order valence-corrected chi connectivity index (χ4v) is 11.4. The van der Waals surface area contributed by atoms with E-state index in [0.717, 1.165) is 73.1 Å². The number of alkyl halides is 1. The fourth-order valence-electron chi connectivity index (χ4n) is 11.4. The Balaban J connectivity index is 0.000000181. The molecule has 5 aliphatic carbocycles. The first-order chi connectivity index (χ1) is 40.6. The maximum Gasteiger partial charge on any atom is 0.407 e. The van der Waals surface area contributed by atoms with E-state index in [1.807, 2.05) is 78.9 Å². The van der Waals surface area contributed by atoms with E-state index in [1.165, 1.54) is 44.9 Å². The van der Waals surface area contributed by atoms with Crippen molar-refractivity contribution in [1.82, 2.24) is 40.4 Å². The lowest BCUT2D eigenvalue weighted by molar-refractivity contribution is -0.502. The van der Waals surface area contributed by atoms with Gasteiger partial charge in [0.25, 0.3) is 17.3 Å². The molecule has 7 heterocycles. The molecule has 10 atom stereocenters. The van der Waals surface area contributed by atoms with Gasteiger partial charge in [-0.2, -0.15) is 0 Å². The van der Waals surface area contributed by atoms with Crippen LogP contribution in [0.4, 0.5) is 9.59 Å². The third-order valence-corrected chi connectivity index (χ3v) is 16.5. The molecule has 10 fully saturated rings. The number of nitro groups is 3. The number of likely N-dealkylation sites (tertiary alicyclic amines) is 4. The lowest BCUT2D eigenvalue weighted by Gasteiger charge is -2.20. The summed E-state index contributed by atoms with van der Waals surface area (Å²) in [6, 6.07) is 10.1. The maximum absolute atomic E-state index is 11.5. The number of hydrogen-bond donors (Lipinski definition) is 5. The van der Waals surface area contributed by atoms with Crippen molar-refractivity contribution in [3.05, 3.63) is 90.5 Å². The fraction of sp³-hybridized carbons (Fsp3) is 0.679. The highest BCUT2D eigenvalue weighted by molar-refractivity contribution is 9.09. The topological polar surface area (TPSA) is 398 Å². The monoisotopic (exact) mass is 1290 g/mol. The van der Waals surface area contributed by atoms with Crippen molar-refractivity contribution >= 4 is 63.7 Å². The first-order valence-electron chi connectivity index (χ1n) is 28.5. The summed E-state index contributed by atoms with van der Waals surface area (Å²) in [6.45, 7) is 20.5. The molecule has 6 amide bonds. The number of ether oxygens (including phenoxy) is 3. The van der Waals surface area contributed by atoms with Crippen molar-refractivity contribution in [2.24, 2.45) is 70.6 Å². The lowest BCUT2D eigenvalue weighted by Crippen LogP contribution is -2.37. The number of nitrogens with zero attached hydrogens (tertiary/aromatic N) is 8. The summed E-state index contributed by atoms with van der Waals surface area (Å²) in [5.41, 5.74) is 11.3. The number of halogens is 1. The van der Waals surface area contributed by atoms with Gasteiger partial charge in [0.15, 0.2) is 0 Å². The number of alkyl carbamates (subject to hydrolysis) is 2. The molecule has 5 saturated heterocycles. The molecule has 7 aliphatic heterocycles. The van der Waals surface area contributed by atoms with Gasteiger partial charge in [0.1, 0.15) is 23.0 Å². The number of imide groups is 2. The molecule has 13 rings (SSSR count). The molecule has 31 heteroatoms. The van der Waals surface area contributed by atoms with E-state index in [-0.39, 0.29) is 40.4 Å². The van der Waals surface area contributed by atoms with Crippen LogP contribution < -0.4 is 27.4 Å². The number of esters is 2. The molecular formula is C56H84BrN13O17. The maximum atomic E-state index is 11.5. The van der Waals surface area contributed by atoms with Gasteiger partial charge in [-0.3, -0.25) is 59.3 Å². The Bertz CT molecular complexity index is 2660. The van der Waals surface area contributed by atoms with E-state index < -0.39 is 62.7 Å². The van der Waals surface area contributed by atoms with Crippen LogP contribution in [0.25, 0.3) is 0 Å². The molecule has 482 valence electrons. The van der Waals surface area contributed by atoms with Crippen molar-refractivity contribution in [2.75, 3.05) is 93.1 Å². The molecule has 30 nitrogen and oxygen atoms in total. The second-order valence-electron chi connectivity index (χ2n) is 25.2. The Morgan fingerprint density at radius 1 is 0.609 bits per heavy atom. The molecule has 0 spiro atoms. The smallest absolute Gasteiger partial charge is 0.407 e. The van der Waals surface area contributed by atoms with Gasteiger partial charge in [-0.25, -0.2) is 19.2 Å². The van der Waals surface area contributed by atoms with Gasteiger partial charge in [0.05, 0.1) is 11.8 Å². The summed E-state index contributed by atoms with van der Waals surface area (Å²) in [5, 5.41) is 38.8. The molecule has 1 aromatic rings. The van der Waals surface area contributed by atoms with Gasteiger partial charge < -0.3 is 56.3 Å². The largest absolute Gasteiger partial charge is 0.444 e. The number of fused-ring (bicyclic) bond motifs is 5. The summed E-state index contributed by atoms with van der Waals surface area (Å²) >= 11 is 2.61. The number of carbonyl (C=O) groups excluding carboxylic acids is 8. The van der Waals surface area contributed by atoms with Gasteiger partial charge in [-0.15, -0.1) is 0 Å². The van der Waals surface area contributed by atoms with Gasteiger partial charge in [0.2, 0.25) is 23.9 Å². The van der Waals surface area contributed by atoms with E-state index in [2.05, 4.69) is 65.4 Å². The number of cyclic esters (lactones) is 2. The molecule has 5 saturated carbocycles. The van der Waals surface area contributed by atoms with Crippen LogP contribution >= 0.6 is 15.9 Å². The number of carbonyl (C=O) groups is 8.